The summed E-state index contributed by atoms with van der Waals surface area (Å²) in [7, 11) is 1.55. The third-order valence-electron chi connectivity index (χ3n) is 1.71. The minimum atomic E-state index is -0.387. The van der Waals surface area contributed by atoms with Crippen molar-refractivity contribution in [2.45, 2.75) is 6.04 Å². The van der Waals surface area contributed by atoms with Crippen molar-refractivity contribution < 1.29 is 9.13 Å². The smallest absolute Gasteiger partial charge is 0.129 e. The van der Waals surface area contributed by atoms with Crippen LogP contribution in [0.15, 0.2) is 18.2 Å². The molecule has 0 unspecified atom stereocenters. The Hall–Kier alpha value is -0.200. The van der Waals surface area contributed by atoms with Crippen molar-refractivity contribution in [1.29, 1.82) is 0 Å². The van der Waals surface area contributed by atoms with E-state index >= 15 is 0 Å². The molecule has 2 nitrogen and oxygen atoms in total. The highest BCUT2D eigenvalue weighted by Crippen LogP contribution is 2.17. The molecule has 1 atom stereocenters. The maximum atomic E-state index is 13.3. The van der Waals surface area contributed by atoms with E-state index in [1.807, 2.05) is 6.07 Å². The molecule has 1 rings (SSSR count). The molecule has 0 aromatic heterocycles. The van der Waals surface area contributed by atoms with E-state index in [4.69, 9.17) is 10.5 Å². The van der Waals surface area contributed by atoms with Gasteiger partial charge in [0, 0.05) is 16.2 Å². The van der Waals surface area contributed by atoms with Crippen LogP contribution in [0.5, 0.6) is 0 Å². The fourth-order valence-corrected chi connectivity index (χ4v) is 1.52. The molecule has 0 aliphatic rings. The Bertz CT molecular complexity index is 293. The fourth-order valence-electron chi connectivity index (χ4n) is 1.07. The van der Waals surface area contributed by atoms with Crippen molar-refractivity contribution in [3.63, 3.8) is 0 Å². The van der Waals surface area contributed by atoms with Crippen LogP contribution in [0.3, 0.4) is 0 Å². The van der Waals surface area contributed by atoms with Crippen LogP contribution in [-0.2, 0) is 4.74 Å². The molecule has 0 saturated carbocycles. The van der Waals surface area contributed by atoms with Crippen LogP contribution in [-0.4, -0.2) is 13.7 Å². The first kappa shape index (κ1) is 10.9. The molecule has 13 heavy (non-hydrogen) atoms. The summed E-state index contributed by atoms with van der Waals surface area (Å²) in [5.74, 6) is -0.267. The summed E-state index contributed by atoms with van der Waals surface area (Å²) in [6.07, 6.45) is 0. The van der Waals surface area contributed by atoms with Gasteiger partial charge in [-0.2, -0.15) is 0 Å². The predicted octanol–water partition coefficient (Wildman–Crippen LogP) is 2.08. The molecule has 0 heterocycles. The van der Waals surface area contributed by atoms with Gasteiger partial charge < -0.3 is 10.5 Å². The SMILES string of the molecule is COC[C@@H](N)c1ccc(I)cc1F. The Kier molecular flexibility index (Phi) is 4.08. The third-order valence-corrected chi connectivity index (χ3v) is 2.38. The zero-order valence-corrected chi connectivity index (χ0v) is 9.42. The quantitative estimate of drug-likeness (QED) is 0.867. The minimum absolute atomic E-state index is 0.267. The lowest BCUT2D eigenvalue weighted by molar-refractivity contribution is 0.179. The summed E-state index contributed by atoms with van der Waals surface area (Å²) in [6.45, 7) is 0.331. The monoisotopic (exact) mass is 295 g/mol. The molecule has 0 amide bonds. The summed E-state index contributed by atoms with van der Waals surface area (Å²) >= 11 is 2.05. The van der Waals surface area contributed by atoms with Crippen molar-refractivity contribution in [3.8, 4) is 0 Å². The lowest BCUT2D eigenvalue weighted by Gasteiger charge is -2.11. The van der Waals surface area contributed by atoms with E-state index in [0.717, 1.165) is 3.57 Å². The Balaban J connectivity index is 2.88. The van der Waals surface area contributed by atoms with Gasteiger partial charge in [0.1, 0.15) is 5.82 Å². The fraction of sp³-hybridized carbons (Fsp3) is 0.333. The highest BCUT2D eigenvalue weighted by molar-refractivity contribution is 14.1. The second kappa shape index (κ2) is 4.88. The first-order valence-corrected chi connectivity index (χ1v) is 4.92. The van der Waals surface area contributed by atoms with Crippen molar-refractivity contribution in [2.75, 3.05) is 13.7 Å². The Labute approximate surface area is 90.4 Å². The molecule has 72 valence electrons. The van der Waals surface area contributed by atoms with E-state index in [1.54, 1.807) is 13.2 Å². The topological polar surface area (TPSA) is 35.2 Å². The van der Waals surface area contributed by atoms with E-state index in [-0.39, 0.29) is 11.9 Å². The maximum Gasteiger partial charge on any atom is 0.129 e. The van der Waals surface area contributed by atoms with Gasteiger partial charge in [-0.05, 0) is 34.7 Å². The van der Waals surface area contributed by atoms with Gasteiger partial charge in [-0.25, -0.2) is 4.39 Å². The van der Waals surface area contributed by atoms with Crippen molar-refractivity contribution in [3.05, 3.63) is 33.1 Å². The molecule has 0 radical (unpaired) electrons. The molecule has 4 heteroatoms. The molecular formula is C9H11FINO. The van der Waals surface area contributed by atoms with Crippen molar-refractivity contribution >= 4 is 22.6 Å². The second-order valence-electron chi connectivity index (χ2n) is 2.73. The summed E-state index contributed by atoms with van der Waals surface area (Å²) in [4.78, 5) is 0. The lowest BCUT2D eigenvalue weighted by atomic mass is 10.1. The van der Waals surface area contributed by atoms with E-state index < -0.39 is 0 Å². The normalized spacial score (nSPS) is 12.9. The summed E-state index contributed by atoms with van der Waals surface area (Å²) < 4.78 is 19.0. The molecule has 0 spiro atoms. The van der Waals surface area contributed by atoms with Gasteiger partial charge in [0.2, 0.25) is 0 Å². The largest absolute Gasteiger partial charge is 0.383 e. The average Bonchev–Trinajstić information content (AvgIpc) is 2.04. The standard InChI is InChI=1S/C9H11FINO/c1-13-5-9(12)7-3-2-6(11)4-8(7)10/h2-4,9H,5,12H2,1H3/t9-/m1/s1. The van der Waals surface area contributed by atoms with E-state index in [0.29, 0.717) is 12.2 Å². The highest BCUT2D eigenvalue weighted by Gasteiger charge is 2.10. The second-order valence-corrected chi connectivity index (χ2v) is 3.97. The maximum absolute atomic E-state index is 13.3. The van der Waals surface area contributed by atoms with E-state index in [2.05, 4.69) is 22.6 Å². The van der Waals surface area contributed by atoms with Crippen LogP contribution in [0.25, 0.3) is 0 Å². The Morgan fingerprint density at radius 3 is 2.85 bits per heavy atom. The number of hydrogen-bond donors (Lipinski definition) is 1. The first-order chi connectivity index (χ1) is 6.15. The zero-order chi connectivity index (χ0) is 9.84. The van der Waals surface area contributed by atoms with Crippen LogP contribution in [0.2, 0.25) is 0 Å². The number of halogens is 2. The molecule has 0 aliphatic carbocycles. The molecule has 1 aromatic rings. The Morgan fingerprint density at radius 2 is 2.31 bits per heavy atom. The van der Waals surface area contributed by atoms with Gasteiger partial charge in [0.25, 0.3) is 0 Å². The summed E-state index contributed by atoms with van der Waals surface area (Å²) in [5, 5.41) is 0. The van der Waals surface area contributed by atoms with E-state index in [1.165, 1.54) is 6.07 Å². The van der Waals surface area contributed by atoms with Gasteiger partial charge >= 0.3 is 0 Å². The molecule has 0 bridgehead atoms. The number of nitrogens with two attached hydrogens (primary N) is 1. The van der Waals surface area contributed by atoms with Gasteiger partial charge in [-0.15, -0.1) is 0 Å². The van der Waals surface area contributed by atoms with Crippen molar-refractivity contribution in [2.24, 2.45) is 5.73 Å². The van der Waals surface area contributed by atoms with Gasteiger partial charge in [0.15, 0.2) is 0 Å². The summed E-state index contributed by atoms with van der Waals surface area (Å²) in [6, 6.07) is 4.60. The number of hydrogen-bond acceptors (Lipinski definition) is 2. The number of methoxy groups -OCH3 is 1. The van der Waals surface area contributed by atoms with Crippen LogP contribution < -0.4 is 5.73 Å². The van der Waals surface area contributed by atoms with Gasteiger partial charge in [-0.3, -0.25) is 0 Å². The molecule has 0 aliphatic heterocycles. The molecule has 0 saturated heterocycles. The Morgan fingerprint density at radius 1 is 1.62 bits per heavy atom. The average molecular weight is 295 g/mol. The van der Waals surface area contributed by atoms with Crippen molar-refractivity contribution in [1.82, 2.24) is 0 Å². The van der Waals surface area contributed by atoms with E-state index in [9.17, 15) is 4.39 Å². The molecule has 2 N–H and O–H groups in total. The van der Waals surface area contributed by atoms with Gasteiger partial charge in [-0.1, -0.05) is 6.07 Å². The first-order valence-electron chi connectivity index (χ1n) is 3.84. The number of ether oxygens (including phenoxy) is 1. The van der Waals surface area contributed by atoms with Crippen LogP contribution in [0.1, 0.15) is 11.6 Å². The highest BCUT2D eigenvalue weighted by atomic mass is 127. The molecule has 1 aromatic carbocycles. The lowest BCUT2D eigenvalue weighted by Crippen LogP contribution is -2.17. The molecule has 0 fully saturated rings. The van der Waals surface area contributed by atoms with Crippen LogP contribution in [0.4, 0.5) is 4.39 Å². The predicted molar refractivity (Wildman–Crippen MR) is 57.9 cm³/mol. The van der Waals surface area contributed by atoms with Crippen LogP contribution in [0, 0.1) is 9.39 Å². The minimum Gasteiger partial charge on any atom is -0.383 e. The number of rotatable bonds is 3. The summed E-state index contributed by atoms with van der Waals surface area (Å²) in [5.41, 5.74) is 6.19. The third kappa shape index (κ3) is 2.89. The molecular weight excluding hydrogens is 284 g/mol. The zero-order valence-electron chi connectivity index (χ0n) is 7.26. The number of benzene rings is 1. The van der Waals surface area contributed by atoms with Gasteiger partial charge in [0.05, 0.1) is 12.6 Å². The van der Waals surface area contributed by atoms with Crippen LogP contribution >= 0.6 is 22.6 Å².